The Morgan fingerprint density at radius 3 is 2.52 bits per heavy atom. The van der Waals surface area contributed by atoms with E-state index in [1.54, 1.807) is 14.2 Å². The highest BCUT2D eigenvalue weighted by Gasteiger charge is 2.15. The van der Waals surface area contributed by atoms with Gasteiger partial charge in [0.05, 0.1) is 19.9 Å². The Labute approximate surface area is 125 Å². The van der Waals surface area contributed by atoms with Gasteiger partial charge in [0.25, 0.3) is 0 Å². The van der Waals surface area contributed by atoms with Crippen LogP contribution in [0, 0.1) is 0 Å². The second-order valence-electron chi connectivity index (χ2n) is 5.30. The lowest BCUT2D eigenvalue weighted by molar-refractivity contribution is 0.388. The van der Waals surface area contributed by atoms with Crippen molar-refractivity contribution in [2.45, 2.75) is 32.4 Å². The average Bonchev–Trinajstić information content (AvgIpc) is 2.95. The third-order valence-electron chi connectivity index (χ3n) is 3.46. The maximum Gasteiger partial charge on any atom is 0.127 e. The summed E-state index contributed by atoms with van der Waals surface area (Å²) in [5.41, 5.74) is 8.25. The molecule has 0 saturated carbocycles. The van der Waals surface area contributed by atoms with E-state index in [1.165, 1.54) is 0 Å². The summed E-state index contributed by atoms with van der Waals surface area (Å²) in [4.78, 5) is 0. The predicted molar refractivity (Wildman–Crippen MR) is 82.8 cm³/mol. The van der Waals surface area contributed by atoms with Crippen LogP contribution in [0.25, 0.3) is 0 Å². The van der Waals surface area contributed by atoms with Crippen LogP contribution in [0.3, 0.4) is 0 Å². The maximum atomic E-state index is 6.31. The van der Waals surface area contributed by atoms with Crippen LogP contribution in [0.5, 0.6) is 11.5 Å². The van der Waals surface area contributed by atoms with Crippen molar-refractivity contribution in [2.24, 2.45) is 5.73 Å². The molecular formula is C16H23N3O2. The molecule has 21 heavy (non-hydrogen) atoms. The Bertz CT molecular complexity index is 593. The minimum atomic E-state index is -0.165. The molecule has 5 heteroatoms. The molecule has 114 valence electrons. The average molecular weight is 289 g/mol. The molecule has 5 nitrogen and oxygen atoms in total. The summed E-state index contributed by atoms with van der Waals surface area (Å²) in [6, 6.07) is 7.89. The highest BCUT2D eigenvalue weighted by Crippen LogP contribution is 2.29. The van der Waals surface area contributed by atoms with Crippen LogP contribution in [0.15, 0.2) is 30.5 Å². The van der Waals surface area contributed by atoms with Gasteiger partial charge in [-0.1, -0.05) is 6.07 Å². The molecule has 2 N–H and O–H groups in total. The molecule has 1 heterocycles. The third-order valence-corrected chi connectivity index (χ3v) is 3.46. The van der Waals surface area contributed by atoms with Crippen LogP contribution in [-0.2, 0) is 6.42 Å². The molecule has 0 radical (unpaired) electrons. The van der Waals surface area contributed by atoms with E-state index in [9.17, 15) is 0 Å². The van der Waals surface area contributed by atoms with Crippen molar-refractivity contribution in [2.75, 3.05) is 14.2 Å². The summed E-state index contributed by atoms with van der Waals surface area (Å²) < 4.78 is 12.5. The van der Waals surface area contributed by atoms with Crippen molar-refractivity contribution < 1.29 is 9.47 Å². The lowest BCUT2D eigenvalue weighted by Gasteiger charge is -2.16. The number of aromatic nitrogens is 2. The van der Waals surface area contributed by atoms with Crippen molar-refractivity contribution in [3.05, 3.63) is 41.7 Å². The second kappa shape index (κ2) is 6.63. The standard InChI is InChI=1S/C16H23N3O2/c1-11(2)19-8-7-12(18-19)9-15(17)14-6-5-13(20-3)10-16(14)21-4/h5-8,10-11,15H,9,17H2,1-4H3. The highest BCUT2D eigenvalue weighted by atomic mass is 16.5. The van der Waals surface area contributed by atoms with E-state index in [0.29, 0.717) is 12.5 Å². The SMILES string of the molecule is COc1ccc(C(N)Cc2ccn(C(C)C)n2)c(OC)c1. The Hall–Kier alpha value is -2.01. The first-order chi connectivity index (χ1) is 10.0. The van der Waals surface area contributed by atoms with E-state index in [-0.39, 0.29) is 6.04 Å². The summed E-state index contributed by atoms with van der Waals surface area (Å²) in [5.74, 6) is 1.50. The zero-order chi connectivity index (χ0) is 15.4. The van der Waals surface area contributed by atoms with E-state index in [0.717, 1.165) is 22.8 Å². The molecule has 0 fully saturated rings. The van der Waals surface area contributed by atoms with Crippen LogP contribution >= 0.6 is 0 Å². The Balaban J connectivity index is 2.17. The van der Waals surface area contributed by atoms with Gasteiger partial charge in [0.15, 0.2) is 0 Å². The number of hydrogen-bond acceptors (Lipinski definition) is 4. The molecule has 1 atom stereocenters. The van der Waals surface area contributed by atoms with Gasteiger partial charge in [0.1, 0.15) is 11.5 Å². The molecule has 0 spiro atoms. The van der Waals surface area contributed by atoms with Gasteiger partial charge in [-0.3, -0.25) is 4.68 Å². The molecule has 2 aromatic rings. The fraction of sp³-hybridized carbons (Fsp3) is 0.438. The van der Waals surface area contributed by atoms with Crippen molar-refractivity contribution in [3.8, 4) is 11.5 Å². The molecule has 1 aromatic heterocycles. The van der Waals surface area contributed by atoms with Gasteiger partial charge < -0.3 is 15.2 Å². The molecule has 0 saturated heterocycles. The second-order valence-corrected chi connectivity index (χ2v) is 5.30. The first-order valence-corrected chi connectivity index (χ1v) is 7.06. The van der Waals surface area contributed by atoms with Gasteiger partial charge in [-0.05, 0) is 26.0 Å². The van der Waals surface area contributed by atoms with Gasteiger partial charge in [-0.25, -0.2) is 0 Å². The summed E-state index contributed by atoms with van der Waals surface area (Å²) in [6.45, 7) is 4.20. The fourth-order valence-electron chi connectivity index (χ4n) is 2.23. The number of rotatable bonds is 6. The summed E-state index contributed by atoms with van der Waals surface area (Å²) in [7, 11) is 3.27. The van der Waals surface area contributed by atoms with Gasteiger partial charge in [-0.15, -0.1) is 0 Å². The van der Waals surface area contributed by atoms with Gasteiger partial charge in [0.2, 0.25) is 0 Å². The normalized spacial score (nSPS) is 12.5. The quantitative estimate of drug-likeness (QED) is 0.888. The maximum absolute atomic E-state index is 6.31. The smallest absolute Gasteiger partial charge is 0.127 e. The molecule has 0 aliphatic carbocycles. The fourth-order valence-corrected chi connectivity index (χ4v) is 2.23. The minimum absolute atomic E-state index is 0.165. The van der Waals surface area contributed by atoms with Gasteiger partial charge in [0, 0.05) is 36.3 Å². The van der Waals surface area contributed by atoms with Crippen LogP contribution in [0.4, 0.5) is 0 Å². The third kappa shape index (κ3) is 3.55. The first kappa shape index (κ1) is 15.4. The summed E-state index contributed by atoms with van der Waals surface area (Å²) >= 11 is 0. The summed E-state index contributed by atoms with van der Waals surface area (Å²) in [6.07, 6.45) is 2.65. The van der Waals surface area contributed by atoms with Gasteiger partial charge >= 0.3 is 0 Å². The van der Waals surface area contributed by atoms with E-state index < -0.39 is 0 Å². The number of nitrogens with zero attached hydrogens (tertiary/aromatic N) is 2. The molecular weight excluding hydrogens is 266 g/mol. The molecule has 0 aliphatic heterocycles. The predicted octanol–water partition coefficient (Wildman–Crippen LogP) is 2.72. The van der Waals surface area contributed by atoms with E-state index in [2.05, 4.69) is 18.9 Å². The molecule has 0 aliphatic rings. The zero-order valence-electron chi connectivity index (χ0n) is 13.0. The largest absolute Gasteiger partial charge is 0.497 e. The highest BCUT2D eigenvalue weighted by molar-refractivity contribution is 5.42. The van der Waals surface area contributed by atoms with Crippen LogP contribution in [0.2, 0.25) is 0 Å². The number of benzene rings is 1. The van der Waals surface area contributed by atoms with E-state index in [1.807, 2.05) is 35.1 Å². The van der Waals surface area contributed by atoms with Crippen molar-refractivity contribution in [1.29, 1.82) is 0 Å². The van der Waals surface area contributed by atoms with Crippen LogP contribution < -0.4 is 15.2 Å². The number of nitrogens with two attached hydrogens (primary N) is 1. The zero-order valence-corrected chi connectivity index (χ0v) is 13.0. The van der Waals surface area contributed by atoms with Crippen molar-refractivity contribution in [3.63, 3.8) is 0 Å². The molecule has 1 unspecified atom stereocenters. The minimum Gasteiger partial charge on any atom is -0.497 e. The van der Waals surface area contributed by atoms with Crippen molar-refractivity contribution >= 4 is 0 Å². The van der Waals surface area contributed by atoms with Crippen LogP contribution in [0.1, 0.15) is 37.2 Å². The first-order valence-electron chi connectivity index (χ1n) is 7.06. The van der Waals surface area contributed by atoms with E-state index in [4.69, 9.17) is 15.2 Å². The lowest BCUT2D eigenvalue weighted by Crippen LogP contribution is -2.15. The molecule has 1 aromatic carbocycles. The monoisotopic (exact) mass is 289 g/mol. The number of methoxy groups -OCH3 is 2. The molecule has 2 rings (SSSR count). The van der Waals surface area contributed by atoms with Crippen molar-refractivity contribution in [1.82, 2.24) is 9.78 Å². The summed E-state index contributed by atoms with van der Waals surface area (Å²) in [5, 5.41) is 4.54. The number of hydrogen-bond donors (Lipinski definition) is 1. The number of ether oxygens (including phenoxy) is 2. The Kier molecular flexibility index (Phi) is 4.85. The lowest BCUT2D eigenvalue weighted by atomic mass is 10.0. The molecule has 0 amide bonds. The Morgan fingerprint density at radius 1 is 1.19 bits per heavy atom. The van der Waals surface area contributed by atoms with E-state index >= 15 is 0 Å². The van der Waals surface area contributed by atoms with Crippen LogP contribution in [-0.4, -0.2) is 24.0 Å². The topological polar surface area (TPSA) is 62.3 Å². The van der Waals surface area contributed by atoms with Gasteiger partial charge in [-0.2, -0.15) is 5.10 Å². The molecule has 0 bridgehead atoms. The Morgan fingerprint density at radius 2 is 1.95 bits per heavy atom.